The maximum absolute atomic E-state index is 12.3. The monoisotopic (exact) mass is 341 g/mol. The highest BCUT2D eigenvalue weighted by molar-refractivity contribution is 9.10. The average molecular weight is 342 g/mol. The molecule has 0 aliphatic heterocycles. The van der Waals surface area contributed by atoms with Gasteiger partial charge in [-0.05, 0) is 59.1 Å². The van der Waals surface area contributed by atoms with Crippen LogP contribution in [0.5, 0.6) is 0 Å². The molecular weight excluding hydrogens is 322 g/mol. The van der Waals surface area contributed by atoms with E-state index in [4.69, 9.17) is 0 Å². The fraction of sp³-hybridized carbons (Fsp3) is 0.533. The average Bonchev–Trinajstić information content (AvgIpc) is 2.77. The zero-order valence-electron chi connectivity index (χ0n) is 11.4. The van der Waals surface area contributed by atoms with E-state index in [0.29, 0.717) is 11.3 Å². The van der Waals surface area contributed by atoms with Gasteiger partial charge in [0.05, 0.1) is 5.56 Å². The lowest BCUT2D eigenvalue weighted by atomic mass is 10.1. The van der Waals surface area contributed by atoms with E-state index < -0.39 is 0 Å². The lowest BCUT2D eigenvalue weighted by molar-refractivity contribution is 0.0938. The number of hydrogen-bond donors (Lipinski definition) is 1. The first kappa shape index (κ1) is 14.9. The van der Waals surface area contributed by atoms with Crippen molar-refractivity contribution < 1.29 is 4.79 Å². The van der Waals surface area contributed by atoms with Gasteiger partial charge >= 0.3 is 0 Å². The van der Waals surface area contributed by atoms with Crippen LogP contribution in [-0.4, -0.2) is 23.0 Å². The van der Waals surface area contributed by atoms with E-state index in [1.54, 1.807) is 0 Å². The van der Waals surface area contributed by atoms with Gasteiger partial charge in [-0.2, -0.15) is 11.8 Å². The number of nitrogens with one attached hydrogen (secondary N) is 1. The van der Waals surface area contributed by atoms with Gasteiger partial charge in [0, 0.05) is 15.8 Å². The van der Waals surface area contributed by atoms with Crippen molar-refractivity contribution >= 4 is 33.6 Å². The van der Waals surface area contributed by atoms with Gasteiger partial charge in [-0.1, -0.05) is 19.4 Å². The number of benzene rings is 1. The normalized spacial score (nSPS) is 22.5. The Bertz CT molecular complexity index is 463. The smallest absolute Gasteiger partial charge is 0.252 e. The molecule has 2 unspecified atom stereocenters. The van der Waals surface area contributed by atoms with E-state index >= 15 is 0 Å². The minimum Gasteiger partial charge on any atom is -0.348 e. The fourth-order valence-electron chi connectivity index (χ4n) is 2.56. The number of carbonyl (C=O) groups excluding carboxylic acids is 1. The molecule has 1 aliphatic rings. The highest BCUT2D eigenvalue weighted by Gasteiger charge is 2.28. The van der Waals surface area contributed by atoms with Crippen molar-refractivity contribution in [2.45, 2.75) is 44.4 Å². The van der Waals surface area contributed by atoms with Crippen LogP contribution in [0.1, 0.15) is 42.1 Å². The molecule has 0 spiro atoms. The molecule has 2 rings (SSSR count). The highest BCUT2D eigenvalue weighted by atomic mass is 79.9. The number of thioether (sulfide) groups is 1. The molecule has 1 aliphatic carbocycles. The predicted molar refractivity (Wildman–Crippen MR) is 85.9 cm³/mol. The van der Waals surface area contributed by atoms with E-state index in [1.807, 2.05) is 36.9 Å². The zero-order valence-corrected chi connectivity index (χ0v) is 13.8. The summed E-state index contributed by atoms with van der Waals surface area (Å²) in [5, 5.41) is 3.78. The first-order valence-electron chi connectivity index (χ1n) is 6.80. The number of aryl methyl sites for hydroxylation is 1. The fourth-order valence-corrected chi connectivity index (χ4v) is 4.43. The maximum Gasteiger partial charge on any atom is 0.252 e. The molecule has 1 aromatic carbocycles. The second kappa shape index (κ2) is 6.80. The van der Waals surface area contributed by atoms with Crippen LogP contribution in [0.15, 0.2) is 22.7 Å². The topological polar surface area (TPSA) is 29.1 Å². The summed E-state index contributed by atoms with van der Waals surface area (Å²) in [6, 6.07) is 6.19. The van der Waals surface area contributed by atoms with Crippen LogP contribution in [0.4, 0.5) is 0 Å². The third-order valence-corrected chi connectivity index (χ3v) is 5.50. The minimum atomic E-state index is 0.0421. The molecule has 0 bridgehead atoms. The standard InChI is InChI=1S/C15H20BrNOS/c1-3-19-14-6-4-5-13(14)17-15(18)11-8-7-10(2)9-12(11)16/h7-9,13-14H,3-6H2,1-2H3,(H,17,18). The van der Waals surface area contributed by atoms with Gasteiger partial charge in [-0.3, -0.25) is 4.79 Å². The Morgan fingerprint density at radius 2 is 2.26 bits per heavy atom. The van der Waals surface area contributed by atoms with Crippen molar-refractivity contribution in [3.05, 3.63) is 33.8 Å². The van der Waals surface area contributed by atoms with Crippen molar-refractivity contribution in [2.75, 3.05) is 5.75 Å². The lowest BCUT2D eigenvalue weighted by Gasteiger charge is -2.20. The van der Waals surface area contributed by atoms with Crippen molar-refractivity contribution in [1.29, 1.82) is 0 Å². The molecule has 19 heavy (non-hydrogen) atoms. The van der Waals surface area contributed by atoms with Crippen LogP contribution >= 0.6 is 27.7 Å². The third-order valence-electron chi connectivity index (χ3n) is 3.52. The van der Waals surface area contributed by atoms with E-state index in [2.05, 4.69) is 28.2 Å². The summed E-state index contributed by atoms with van der Waals surface area (Å²) in [6.45, 7) is 4.20. The third kappa shape index (κ3) is 3.76. The summed E-state index contributed by atoms with van der Waals surface area (Å²) in [6.07, 6.45) is 3.54. The number of rotatable bonds is 4. The molecule has 1 aromatic rings. The molecular formula is C15H20BrNOS. The largest absolute Gasteiger partial charge is 0.348 e. The van der Waals surface area contributed by atoms with Gasteiger partial charge in [0.25, 0.3) is 5.91 Å². The second-order valence-electron chi connectivity index (χ2n) is 4.99. The summed E-state index contributed by atoms with van der Waals surface area (Å²) in [5.74, 6) is 1.16. The van der Waals surface area contributed by atoms with Gasteiger partial charge in [0.2, 0.25) is 0 Å². The van der Waals surface area contributed by atoms with Crippen molar-refractivity contribution in [3.8, 4) is 0 Å². The summed E-state index contributed by atoms with van der Waals surface area (Å²) in [5.41, 5.74) is 1.89. The number of hydrogen-bond acceptors (Lipinski definition) is 2. The van der Waals surface area contributed by atoms with Crippen LogP contribution in [0.2, 0.25) is 0 Å². The van der Waals surface area contributed by atoms with E-state index in [9.17, 15) is 4.79 Å². The van der Waals surface area contributed by atoms with Crippen LogP contribution in [0.3, 0.4) is 0 Å². The summed E-state index contributed by atoms with van der Waals surface area (Å²) in [7, 11) is 0. The Labute approximate surface area is 127 Å². The Hall–Kier alpha value is -0.480. The number of amides is 1. The molecule has 1 amide bonds. The number of carbonyl (C=O) groups is 1. The van der Waals surface area contributed by atoms with Crippen molar-refractivity contribution in [1.82, 2.24) is 5.32 Å². The first-order chi connectivity index (χ1) is 9.11. The summed E-state index contributed by atoms with van der Waals surface area (Å²) in [4.78, 5) is 12.3. The maximum atomic E-state index is 12.3. The van der Waals surface area contributed by atoms with Gasteiger partial charge in [-0.15, -0.1) is 0 Å². The quantitative estimate of drug-likeness (QED) is 0.890. The molecule has 1 N–H and O–H groups in total. The Balaban J connectivity index is 2.04. The minimum absolute atomic E-state index is 0.0421. The Kier molecular flexibility index (Phi) is 5.34. The Morgan fingerprint density at radius 1 is 1.47 bits per heavy atom. The molecule has 1 fully saturated rings. The SMILES string of the molecule is CCSC1CCCC1NC(=O)c1ccc(C)cc1Br. The molecule has 104 valence electrons. The lowest BCUT2D eigenvalue weighted by Crippen LogP contribution is -2.38. The highest BCUT2D eigenvalue weighted by Crippen LogP contribution is 2.30. The van der Waals surface area contributed by atoms with E-state index in [1.165, 1.54) is 12.8 Å². The summed E-state index contributed by atoms with van der Waals surface area (Å²) < 4.78 is 0.877. The van der Waals surface area contributed by atoms with Gasteiger partial charge in [0.15, 0.2) is 0 Å². The first-order valence-corrected chi connectivity index (χ1v) is 8.64. The van der Waals surface area contributed by atoms with Gasteiger partial charge in [0.1, 0.15) is 0 Å². The molecule has 0 saturated heterocycles. The summed E-state index contributed by atoms with van der Waals surface area (Å²) >= 11 is 5.44. The predicted octanol–water partition coefficient (Wildman–Crippen LogP) is 4.16. The van der Waals surface area contributed by atoms with E-state index in [0.717, 1.165) is 27.8 Å². The van der Waals surface area contributed by atoms with E-state index in [-0.39, 0.29) is 5.91 Å². The molecule has 0 heterocycles. The van der Waals surface area contributed by atoms with Crippen LogP contribution in [0.25, 0.3) is 0 Å². The van der Waals surface area contributed by atoms with Crippen LogP contribution < -0.4 is 5.32 Å². The van der Waals surface area contributed by atoms with Crippen LogP contribution in [0, 0.1) is 6.92 Å². The zero-order chi connectivity index (χ0) is 13.8. The second-order valence-corrected chi connectivity index (χ2v) is 7.36. The molecule has 2 nitrogen and oxygen atoms in total. The van der Waals surface area contributed by atoms with Crippen molar-refractivity contribution in [3.63, 3.8) is 0 Å². The van der Waals surface area contributed by atoms with Gasteiger partial charge in [-0.25, -0.2) is 0 Å². The van der Waals surface area contributed by atoms with Gasteiger partial charge < -0.3 is 5.32 Å². The molecule has 0 radical (unpaired) electrons. The van der Waals surface area contributed by atoms with Crippen LogP contribution in [-0.2, 0) is 0 Å². The molecule has 0 aromatic heterocycles. The Morgan fingerprint density at radius 3 is 2.95 bits per heavy atom. The van der Waals surface area contributed by atoms with Crippen molar-refractivity contribution in [2.24, 2.45) is 0 Å². The molecule has 4 heteroatoms. The number of halogens is 1. The molecule has 2 atom stereocenters. The molecule has 1 saturated carbocycles.